The Bertz CT molecular complexity index is 150. The minimum atomic E-state index is -1.39. The predicted octanol–water partition coefficient (Wildman–Crippen LogP) is -2.50. The van der Waals surface area contributed by atoms with Crippen molar-refractivity contribution in [1.29, 1.82) is 0 Å². The van der Waals surface area contributed by atoms with E-state index >= 15 is 0 Å². The van der Waals surface area contributed by atoms with E-state index in [0.29, 0.717) is 0 Å². The summed E-state index contributed by atoms with van der Waals surface area (Å²) < 4.78 is 0. The summed E-state index contributed by atoms with van der Waals surface area (Å²) in [6.45, 7) is -0.341. The zero-order valence-electron chi connectivity index (χ0n) is 6.24. The number of rotatable bonds is 1. The Labute approximate surface area is 73.7 Å². The van der Waals surface area contributed by atoms with Gasteiger partial charge in [-0.1, -0.05) is 0 Å². The van der Waals surface area contributed by atoms with Gasteiger partial charge < -0.3 is 25.5 Å². The summed E-state index contributed by atoms with van der Waals surface area (Å²) in [7, 11) is 0. The number of hydrogen-bond donors (Lipinski definition) is 5. The first-order valence-electron chi connectivity index (χ1n) is 3.56. The fourth-order valence-electron chi connectivity index (χ4n) is 1.08. The molecule has 5 N–H and O–H groups in total. The predicted molar refractivity (Wildman–Crippen MR) is 42.5 cm³/mol. The molecule has 0 aliphatic carbocycles. The number of thioether (sulfide) groups is 1. The summed E-state index contributed by atoms with van der Waals surface area (Å²) >= 11 is 0.852. The van der Waals surface area contributed by atoms with Crippen LogP contribution in [0.25, 0.3) is 0 Å². The van der Waals surface area contributed by atoms with Crippen LogP contribution in [0.15, 0.2) is 0 Å². The van der Waals surface area contributed by atoms with E-state index in [1.165, 1.54) is 0 Å². The molecule has 3 unspecified atom stereocenters. The summed E-state index contributed by atoms with van der Waals surface area (Å²) in [5.41, 5.74) is -1.15. The fourth-order valence-corrected chi connectivity index (χ4v) is 2.17. The summed E-state index contributed by atoms with van der Waals surface area (Å²) in [4.78, 5) is 0. The van der Waals surface area contributed by atoms with Gasteiger partial charge in [-0.25, -0.2) is 0 Å². The molecule has 72 valence electrons. The van der Waals surface area contributed by atoms with Crippen LogP contribution in [0.2, 0.25) is 0 Å². The average molecular weight is 196 g/mol. The molecular weight excluding hydrogens is 184 g/mol. The lowest BCUT2D eigenvalue weighted by molar-refractivity contribution is -0.0953. The number of aliphatic hydroxyl groups excluding tert-OH is 5. The van der Waals surface area contributed by atoms with Crippen molar-refractivity contribution in [2.75, 3.05) is 6.61 Å². The van der Waals surface area contributed by atoms with Crippen LogP contribution < -0.4 is 0 Å². The van der Waals surface area contributed by atoms with Crippen LogP contribution in [-0.2, 0) is 0 Å². The molecule has 0 amide bonds. The van der Waals surface area contributed by atoms with E-state index in [0.717, 1.165) is 11.8 Å². The van der Waals surface area contributed by atoms with Crippen molar-refractivity contribution in [3.8, 4) is 0 Å². The van der Waals surface area contributed by atoms with Crippen molar-refractivity contribution < 1.29 is 25.5 Å². The van der Waals surface area contributed by atoms with Crippen LogP contribution in [0.5, 0.6) is 0 Å². The van der Waals surface area contributed by atoms with E-state index in [4.69, 9.17) is 20.4 Å². The molecule has 6 heteroatoms. The Morgan fingerprint density at radius 3 is 2.00 bits per heavy atom. The summed E-state index contributed by atoms with van der Waals surface area (Å²) in [5, 5.41) is 44.6. The van der Waals surface area contributed by atoms with Gasteiger partial charge in [0.1, 0.15) is 17.6 Å². The molecule has 0 aromatic carbocycles. The lowest BCUT2D eigenvalue weighted by Gasteiger charge is -2.36. The third-order valence-corrected chi connectivity index (χ3v) is 3.20. The highest BCUT2D eigenvalue weighted by atomic mass is 32.2. The highest BCUT2D eigenvalue weighted by Crippen LogP contribution is 2.30. The molecule has 1 rings (SSSR count). The smallest absolute Gasteiger partial charge is 0.128 e. The molecule has 1 aliphatic heterocycles. The summed E-state index contributed by atoms with van der Waals surface area (Å²) in [6, 6.07) is 0. The lowest BCUT2D eigenvalue weighted by atomic mass is 10.0. The zero-order chi connectivity index (χ0) is 9.30. The van der Waals surface area contributed by atoms with Crippen molar-refractivity contribution in [3.05, 3.63) is 0 Å². The molecule has 1 saturated heterocycles. The molecule has 0 bridgehead atoms. The molecule has 1 heterocycles. The Morgan fingerprint density at radius 2 is 1.50 bits per heavy atom. The van der Waals surface area contributed by atoms with Crippen LogP contribution in [0.4, 0.5) is 0 Å². The van der Waals surface area contributed by atoms with Gasteiger partial charge in [-0.2, -0.15) is 0 Å². The monoisotopic (exact) mass is 196 g/mol. The van der Waals surface area contributed by atoms with Crippen molar-refractivity contribution in [3.63, 3.8) is 0 Å². The maximum absolute atomic E-state index is 9.22. The van der Waals surface area contributed by atoms with Crippen molar-refractivity contribution in [2.24, 2.45) is 0 Å². The third kappa shape index (κ3) is 1.73. The van der Waals surface area contributed by atoms with Gasteiger partial charge in [0.2, 0.25) is 0 Å². The standard InChI is InChI=1S/C6H12O5S/c7-1-2-3(8)4(9)5(10)6(11)12-2/h2-11H,1H2/t2?,3-,4?,5?,6+/m1/s1. The normalized spacial score (nSPS) is 49.2. The van der Waals surface area contributed by atoms with Gasteiger partial charge >= 0.3 is 0 Å². The lowest BCUT2D eigenvalue weighted by Crippen LogP contribution is -2.53. The average Bonchev–Trinajstić information content (AvgIpc) is 2.08. The second-order valence-electron chi connectivity index (χ2n) is 2.72. The first kappa shape index (κ1) is 10.2. The Morgan fingerprint density at radius 1 is 0.917 bits per heavy atom. The van der Waals surface area contributed by atoms with Gasteiger partial charge in [-0.05, 0) is 0 Å². The molecule has 12 heavy (non-hydrogen) atoms. The second-order valence-corrected chi connectivity index (χ2v) is 4.08. The minimum Gasteiger partial charge on any atom is -0.395 e. The van der Waals surface area contributed by atoms with Crippen molar-refractivity contribution in [1.82, 2.24) is 0 Å². The highest BCUT2D eigenvalue weighted by Gasteiger charge is 2.42. The van der Waals surface area contributed by atoms with Crippen LogP contribution in [-0.4, -0.2) is 61.1 Å². The van der Waals surface area contributed by atoms with E-state index in [1.807, 2.05) is 0 Å². The van der Waals surface area contributed by atoms with Crippen LogP contribution in [0, 0.1) is 0 Å². The molecule has 0 aromatic heterocycles. The van der Waals surface area contributed by atoms with Crippen molar-refractivity contribution in [2.45, 2.75) is 29.0 Å². The third-order valence-electron chi connectivity index (χ3n) is 1.87. The molecule has 5 atom stereocenters. The van der Waals surface area contributed by atoms with E-state index < -0.39 is 29.0 Å². The Balaban J connectivity index is 2.63. The van der Waals surface area contributed by atoms with Gasteiger partial charge in [0.05, 0.1) is 18.0 Å². The van der Waals surface area contributed by atoms with Crippen LogP contribution in [0.1, 0.15) is 0 Å². The summed E-state index contributed by atoms with van der Waals surface area (Å²) in [5.74, 6) is 0. The number of hydrogen-bond acceptors (Lipinski definition) is 6. The fraction of sp³-hybridized carbons (Fsp3) is 1.00. The summed E-state index contributed by atoms with van der Waals surface area (Å²) in [6.07, 6.45) is -3.94. The van der Waals surface area contributed by atoms with Gasteiger partial charge in [0.15, 0.2) is 0 Å². The quantitative estimate of drug-likeness (QED) is 0.318. The zero-order valence-corrected chi connectivity index (χ0v) is 7.05. The minimum absolute atomic E-state index is 0.341. The van der Waals surface area contributed by atoms with Gasteiger partial charge in [-0.3, -0.25) is 0 Å². The molecule has 0 saturated carbocycles. The maximum Gasteiger partial charge on any atom is 0.128 e. The van der Waals surface area contributed by atoms with E-state index in [-0.39, 0.29) is 6.61 Å². The Kier molecular flexibility index (Phi) is 3.33. The first-order chi connectivity index (χ1) is 5.57. The largest absolute Gasteiger partial charge is 0.395 e. The van der Waals surface area contributed by atoms with Gasteiger partial charge in [-0.15, -0.1) is 11.8 Å². The van der Waals surface area contributed by atoms with Gasteiger partial charge in [0, 0.05) is 0 Å². The Hall–Kier alpha value is 0.150. The molecule has 5 nitrogen and oxygen atoms in total. The van der Waals surface area contributed by atoms with Crippen LogP contribution >= 0.6 is 11.8 Å². The van der Waals surface area contributed by atoms with E-state index in [2.05, 4.69) is 0 Å². The van der Waals surface area contributed by atoms with Gasteiger partial charge in [0.25, 0.3) is 0 Å². The first-order valence-corrected chi connectivity index (χ1v) is 4.50. The number of aliphatic hydroxyl groups is 5. The second kappa shape index (κ2) is 3.91. The molecular formula is C6H12O5S. The van der Waals surface area contributed by atoms with Crippen molar-refractivity contribution >= 4 is 11.8 Å². The molecule has 0 radical (unpaired) electrons. The molecule has 0 aromatic rings. The molecule has 0 spiro atoms. The maximum atomic E-state index is 9.22. The van der Waals surface area contributed by atoms with Crippen LogP contribution in [0.3, 0.4) is 0 Å². The highest BCUT2D eigenvalue weighted by molar-refractivity contribution is 8.00. The SMILES string of the molecule is OCC1S[C@H](O)C(O)C(O)[C@@H]1O. The molecule has 1 aliphatic rings. The molecule has 1 fully saturated rings. The van der Waals surface area contributed by atoms with E-state index in [1.54, 1.807) is 0 Å². The van der Waals surface area contributed by atoms with E-state index in [9.17, 15) is 5.11 Å². The topological polar surface area (TPSA) is 101 Å².